The van der Waals surface area contributed by atoms with E-state index in [0.717, 1.165) is 23.1 Å². The molecule has 0 radical (unpaired) electrons. The molecule has 0 unspecified atom stereocenters. The molecule has 29 heavy (non-hydrogen) atoms. The van der Waals surface area contributed by atoms with E-state index < -0.39 is 0 Å². The van der Waals surface area contributed by atoms with Gasteiger partial charge in [0, 0.05) is 18.7 Å². The second-order valence-corrected chi connectivity index (χ2v) is 7.32. The molecule has 2 aromatic carbocycles. The van der Waals surface area contributed by atoms with Crippen LogP contribution in [0.15, 0.2) is 54.6 Å². The van der Waals surface area contributed by atoms with Gasteiger partial charge in [-0.2, -0.15) is 5.10 Å². The minimum Gasteiger partial charge on any atom is -0.374 e. The highest BCUT2D eigenvalue weighted by Gasteiger charge is 2.12. The van der Waals surface area contributed by atoms with Crippen LogP contribution >= 0.6 is 12.2 Å². The second-order valence-electron chi connectivity index (χ2n) is 6.94. The SMILES string of the molecule is Cc1cccc(-c2n[nH]c(=S)n2CC(=O)NCCCO[C@H](C)c2ccccc2)c1. The zero-order valence-electron chi connectivity index (χ0n) is 16.7. The van der Waals surface area contributed by atoms with Crippen LogP contribution in [-0.4, -0.2) is 33.8 Å². The van der Waals surface area contributed by atoms with Crippen LogP contribution in [0, 0.1) is 11.7 Å². The van der Waals surface area contributed by atoms with Crippen molar-refractivity contribution in [2.75, 3.05) is 13.2 Å². The third kappa shape index (κ3) is 5.85. The number of hydrogen-bond donors (Lipinski definition) is 2. The minimum atomic E-state index is -0.104. The average Bonchev–Trinajstić information content (AvgIpc) is 3.08. The van der Waals surface area contributed by atoms with Gasteiger partial charge >= 0.3 is 0 Å². The summed E-state index contributed by atoms with van der Waals surface area (Å²) in [5.41, 5.74) is 3.19. The summed E-state index contributed by atoms with van der Waals surface area (Å²) < 4.78 is 7.98. The fourth-order valence-corrected chi connectivity index (χ4v) is 3.25. The van der Waals surface area contributed by atoms with Gasteiger partial charge in [0.1, 0.15) is 6.54 Å². The van der Waals surface area contributed by atoms with Gasteiger partial charge < -0.3 is 10.1 Å². The maximum absolute atomic E-state index is 12.4. The summed E-state index contributed by atoms with van der Waals surface area (Å²) in [5.74, 6) is 0.557. The molecule has 0 fully saturated rings. The number of hydrogen-bond acceptors (Lipinski definition) is 4. The van der Waals surface area contributed by atoms with Gasteiger partial charge in [-0.25, -0.2) is 0 Å². The Hall–Kier alpha value is -2.77. The van der Waals surface area contributed by atoms with Gasteiger partial charge in [-0.3, -0.25) is 14.5 Å². The zero-order chi connectivity index (χ0) is 20.6. The van der Waals surface area contributed by atoms with E-state index in [4.69, 9.17) is 17.0 Å². The summed E-state index contributed by atoms with van der Waals surface area (Å²) in [6, 6.07) is 18.0. The Morgan fingerprint density at radius 1 is 1.24 bits per heavy atom. The van der Waals surface area contributed by atoms with Crippen LogP contribution in [0.3, 0.4) is 0 Å². The highest BCUT2D eigenvalue weighted by molar-refractivity contribution is 7.71. The van der Waals surface area contributed by atoms with Crippen molar-refractivity contribution in [3.8, 4) is 11.4 Å². The summed E-state index contributed by atoms with van der Waals surface area (Å²) >= 11 is 5.30. The number of nitrogens with one attached hydrogen (secondary N) is 2. The average molecular weight is 411 g/mol. The molecule has 0 spiro atoms. The molecule has 1 atom stereocenters. The van der Waals surface area contributed by atoms with E-state index >= 15 is 0 Å². The summed E-state index contributed by atoms with van der Waals surface area (Å²) in [7, 11) is 0. The van der Waals surface area contributed by atoms with Crippen molar-refractivity contribution in [3.63, 3.8) is 0 Å². The van der Waals surface area contributed by atoms with Gasteiger partial charge in [0.15, 0.2) is 10.6 Å². The van der Waals surface area contributed by atoms with Crippen LogP contribution in [0.4, 0.5) is 0 Å². The van der Waals surface area contributed by atoms with E-state index in [2.05, 4.69) is 15.5 Å². The van der Waals surface area contributed by atoms with E-state index in [1.165, 1.54) is 0 Å². The first-order chi connectivity index (χ1) is 14.0. The van der Waals surface area contributed by atoms with Crippen LogP contribution in [0.2, 0.25) is 0 Å². The maximum atomic E-state index is 12.4. The molecule has 2 N–H and O–H groups in total. The highest BCUT2D eigenvalue weighted by Crippen LogP contribution is 2.18. The predicted octanol–water partition coefficient (Wildman–Crippen LogP) is 4.20. The van der Waals surface area contributed by atoms with E-state index in [0.29, 0.717) is 23.7 Å². The maximum Gasteiger partial charge on any atom is 0.240 e. The molecular formula is C22H26N4O2S. The van der Waals surface area contributed by atoms with E-state index in [9.17, 15) is 4.79 Å². The first-order valence-electron chi connectivity index (χ1n) is 9.70. The molecule has 6 nitrogen and oxygen atoms in total. The second kappa shape index (κ2) is 10.1. The Kier molecular flexibility index (Phi) is 7.32. The quantitative estimate of drug-likeness (QED) is 0.410. The number of amides is 1. The molecular weight excluding hydrogens is 384 g/mol. The van der Waals surface area contributed by atoms with Crippen LogP contribution in [0.1, 0.15) is 30.6 Å². The van der Waals surface area contributed by atoms with Crippen molar-refractivity contribution in [2.24, 2.45) is 0 Å². The number of nitrogens with zero attached hydrogens (tertiary/aromatic N) is 2. The lowest BCUT2D eigenvalue weighted by Gasteiger charge is -2.13. The van der Waals surface area contributed by atoms with Crippen LogP contribution < -0.4 is 5.32 Å². The number of rotatable bonds is 9. The van der Waals surface area contributed by atoms with Crippen molar-refractivity contribution >= 4 is 18.1 Å². The number of carbonyl (C=O) groups excluding carboxylic acids is 1. The number of aromatic nitrogens is 3. The van der Waals surface area contributed by atoms with Gasteiger partial charge in [-0.05, 0) is 44.1 Å². The number of aromatic amines is 1. The van der Waals surface area contributed by atoms with E-state index in [1.807, 2.05) is 68.4 Å². The van der Waals surface area contributed by atoms with Gasteiger partial charge in [0.05, 0.1) is 6.10 Å². The van der Waals surface area contributed by atoms with Gasteiger partial charge in [0.25, 0.3) is 0 Å². The standard InChI is InChI=1S/C22H26N4O2S/c1-16-8-6-11-19(14-16)21-24-25-22(29)26(21)15-20(27)23-12-7-13-28-17(2)18-9-4-3-5-10-18/h3-6,8-11,14,17H,7,12-13,15H2,1-2H3,(H,23,27)(H,25,29)/t17-/m1/s1. The number of ether oxygens (including phenoxy) is 1. The first-order valence-corrected chi connectivity index (χ1v) is 10.1. The largest absolute Gasteiger partial charge is 0.374 e. The lowest BCUT2D eigenvalue weighted by Crippen LogP contribution is -2.29. The Bertz CT molecular complexity index is 997. The van der Waals surface area contributed by atoms with Crippen molar-refractivity contribution < 1.29 is 9.53 Å². The third-order valence-corrected chi connectivity index (χ3v) is 4.93. The molecule has 0 saturated carbocycles. The topological polar surface area (TPSA) is 71.9 Å². The molecule has 3 rings (SSSR count). The fraction of sp³-hybridized carbons (Fsp3) is 0.318. The van der Waals surface area contributed by atoms with Crippen LogP contribution in [0.25, 0.3) is 11.4 Å². The van der Waals surface area contributed by atoms with Crippen molar-refractivity contribution in [1.82, 2.24) is 20.1 Å². The Morgan fingerprint density at radius 3 is 2.79 bits per heavy atom. The summed E-state index contributed by atoms with van der Waals surface area (Å²) in [6.45, 7) is 5.30. The van der Waals surface area contributed by atoms with E-state index in [-0.39, 0.29) is 18.6 Å². The molecule has 0 saturated heterocycles. The smallest absolute Gasteiger partial charge is 0.240 e. The first kappa shape index (κ1) is 21.0. The van der Waals surface area contributed by atoms with Gasteiger partial charge in [0.2, 0.25) is 5.91 Å². The number of aryl methyl sites for hydroxylation is 1. The van der Waals surface area contributed by atoms with Gasteiger partial charge in [-0.15, -0.1) is 0 Å². The summed E-state index contributed by atoms with van der Waals surface area (Å²) in [5, 5.41) is 9.99. The monoisotopic (exact) mass is 410 g/mol. The fourth-order valence-electron chi connectivity index (χ4n) is 3.05. The lowest BCUT2D eigenvalue weighted by molar-refractivity contribution is -0.121. The lowest BCUT2D eigenvalue weighted by atomic mass is 10.1. The molecule has 0 aliphatic rings. The molecule has 3 aromatic rings. The number of carbonyl (C=O) groups is 1. The van der Waals surface area contributed by atoms with Crippen molar-refractivity contribution in [1.29, 1.82) is 0 Å². The Morgan fingerprint density at radius 2 is 2.03 bits per heavy atom. The molecule has 1 amide bonds. The van der Waals surface area contributed by atoms with Gasteiger partial charge in [-0.1, -0.05) is 54.1 Å². The molecule has 0 bridgehead atoms. The predicted molar refractivity (Wildman–Crippen MR) is 116 cm³/mol. The van der Waals surface area contributed by atoms with Crippen LogP contribution in [0.5, 0.6) is 0 Å². The minimum absolute atomic E-state index is 0.0352. The molecule has 0 aliphatic heterocycles. The number of benzene rings is 2. The van der Waals surface area contributed by atoms with Crippen LogP contribution in [-0.2, 0) is 16.1 Å². The molecule has 1 aromatic heterocycles. The molecule has 7 heteroatoms. The third-order valence-electron chi connectivity index (χ3n) is 4.62. The molecule has 0 aliphatic carbocycles. The zero-order valence-corrected chi connectivity index (χ0v) is 17.5. The summed E-state index contributed by atoms with van der Waals surface area (Å²) in [4.78, 5) is 12.4. The van der Waals surface area contributed by atoms with Crippen molar-refractivity contribution in [2.45, 2.75) is 32.9 Å². The van der Waals surface area contributed by atoms with Crippen molar-refractivity contribution in [3.05, 3.63) is 70.5 Å². The summed E-state index contributed by atoms with van der Waals surface area (Å²) in [6.07, 6.45) is 0.776. The molecule has 1 heterocycles. The molecule has 152 valence electrons. The Labute approximate surface area is 175 Å². The Balaban J connectivity index is 1.47. The van der Waals surface area contributed by atoms with E-state index in [1.54, 1.807) is 4.57 Å². The highest BCUT2D eigenvalue weighted by atomic mass is 32.1. The normalized spacial score (nSPS) is 11.9. The number of H-pyrrole nitrogens is 1.